The molecule has 0 spiro atoms. The topological polar surface area (TPSA) is 44.2 Å². The second-order valence-corrected chi connectivity index (χ2v) is 12.1. The fourth-order valence-electron chi connectivity index (χ4n) is 6.02. The first-order valence-corrected chi connectivity index (χ1v) is 14.6. The van der Waals surface area contributed by atoms with Gasteiger partial charge in [0.2, 0.25) is 0 Å². The Morgan fingerprint density at radius 2 is 1.36 bits per heavy atom. The van der Waals surface area contributed by atoms with E-state index in [1.54, 1.807) is 0 Å². The molecule has 0 saturated carbocycles. The molecule has 2 aromatic heterocycles. The molecular formula is C37H33BN2O2. The van der Waals surface area contributed by atoms with Gasteiger partial charge in [-0.3, -0.25) is 9.97 Å². The van der Waals surface area contributed by atoms with Gasteiger partial charge < -0.3 is 9.31 Å². The van der Waals surface area contributed by atoms with Crippen LogP contribution in [-0.4, -0.2) is 28.3 Å². The maximum absolute atomic E-state index is 6.29. The molecule has 1 aliphatic heterocycles. The second kappa shape index (κ2) is 10.2. The number of aromatic nitrogens is 2. The predicted molar refractivity (Wildman–Crippen MR) is 173 cm³/mol. The van der Waals surface area contributed by atoms with Crippen molar-refractivity contribution in [3.05, 3.63) is 126 Å². The Hall–Kier alpha value is -4.32. The molecular weight excluding hydrogens is 515 g/mol. The lowest BCUT2D eigenvalue weighted by molar-refractivity contribution is 0.00578. The zero-order valence-corrected chi connectivity index (χ0v) is 24.5. The Bertz CT molecular complexity index is 1830. The molecule has 1 fully saturated rings. The molecule has 3 aromatic carbocycles. The summed E-state index contributed by atoms with van der Waals surface area (Å²) in [6.07, 6.45) is 13.3. The van der Waals surface area contributed by atoms with Crippen LogP contribution in [0.5, 0.6) is 0 Å². The van der Waals surface area contributed by atoms with Crippen molar-refractivity contribution in [3.8, 4) is 22.3 Å². The van der Waals surface area contributed by atoms with Crippen LogP contribution in [-0.2, 0) is 15.7 Å². The van der Waals surface area contributed by atoms with Crippen LogP contribution in [0, 0.1) is 0 Å². The number of allylic oxidation sites excluding steroid dienone is 3. The van der Waals surface area contributed by atoms with E-state index < -0.39 is 18.3 Å². The Labute approximate surface area is 247 Å². The van der Waals surface area contributed by atoms with E-state index in [1.807, 2.05) is 18.6 Å². The van der Waals surface area contributed by atoms with Crippen molar-refractivity contribution in [2.24, 2.45) is 0 Å². The molecule has 42 heavy (non-hydrogen) atoms. The summed E-state index contributed by atoms with van der Waals surface area (Å²) < 4.78 is 12.6. The smallest absolute Gasteiger partial charge is 0.398 e. The van der Waals surface area contributed by atoms with E-state index in [0.29, 0.717) is 0 Å². The summed E-state index contributed by atoms with van der Waals surface area (Å²) in [4.78, 5) is 9.14. The van der Waals surface area contributed by atoms with Crippen molar-refractivity contribution in [2.45, 2.75) is 45.3 Å². The molecule has 5 aromatic rings. The molecule has 0 unspecified atom stereocenters. The summed E-state index contributed by atoms with van der Waals surface area (Å²) in [6, 6.07) is 27.8. The van der Waals surface area contributed by atoms with E-state index in [1.165, 1.54) is 44.2 Å². The minimum absolute atomic E-state index is 0.413. The highest BCUT2D eigenvalue weighted by Crippen LogP contribution is 2.45. The third kappa shape index (κ3) is 4.50. The van der Waals surface area contributed by atoms with Crippen molar-refractivity contribution in [1.82, 2.24) is 9.97 Å². The molecule has 0 radical (unpaired) electrons. The Morgan fingerprint density at radius 3 is 2.02 bits per heavy atom. The van der Waals surface area contributed by atoms with E-state index in [-0.39, 0.29) is 0 Å². The highest BCUT2D eigenvalue weighted by Gasteiger charge is 2.52. The van der Waals surface area contributed by atoms with Gasteiger partial charge in [-0.05, 0) is 108 Å². The molecule has 0 atom stereocenters. The van der Waals surface area contributed by atoms with Gasteiger partial charge in [0.1, 0.15) is 0 Å². The van der Waals surface area contributed by atoms with Crippen LogP contribution in [0.2, 0.25) is 0 Å². The lowest BCUT2D eigenvalue weighted by atomic mass is 9.81. The van der Waals surface area contributed by atoms with Crippen molar-refractivity contribution in [1.29, 1.82) is 0 Å². The van der Waals surface area contributed by atoms with Crippen LogP contribution in [0.15, 0.2) is 110 Å². The minimum atomic E-state index is -0.493. The molecule has 0 amide bonds. The van der Waals surface area contributed by atoms with Crippen LogP contribution in [0.25, 0.3) is 44.7 Å². The van der Waals surface area contributed by atoms with Crippen LogP contribution in [0.3, 0.4) is 0 Å². The molecule has 2 aliphatic rings. The van der Waals surface area contributed by atoms with Crippen molar-refractivity contribution in [2.75, 3.05) is 0 Å². The van der Waals surface area contributed by atoms with Crippen LogP contribution < -0.4 is 5.59 Å². The first kappa shape index (κ1) is 26.6. The molecule has 7 rings (SSSR count). The first-order valence-electron chi connectivity index (χ1n) is 14.6. The molecule has 0 bridgehead atoms. The summed E-state index contributed by atoms with van der Waals surface area (Å²) in [7, 11) is -0.493. The largest absolute Gasteiger partial charge is 0.514 e. The maximum atomic E-state index is 6.29. The monoisotopic (exact) mass is 548 g/mol. The zero-order valence-electron chi connectivity index (χ0n) is 24.5. The molecule has 1 saturated heterocycles. The fraction of sp³-hybridized carbons (Fsp3) is 0.189. The molecule has 206 valence electrons. The third-order valence-electron chi connectivity index (χ3n) is 8.93. The lowest BCUT2D eigenvalue weighted by Gasteiger charge is -2.32. The summed E-state index contributed by atoms with van der Waals surface area (Å²) >= 11 is 0. The minimum Gasteiger partial charge on any atom is -0.398 e. The van der Waals surface area contributed by atoms with Gasteiger partial charge in [-0.1, -0.05) is 72.8 Å². The summed E-state index contributed by atoms with van der Waals surface area (Å²) in [5, 5.41) is 2.44. The predicted octanol–water partition coefficient (Wildman–Crippen LogP) is 7.92. The zero-order chi connectivity index (χ0) is 28.9. The van der Waals surface area contributed by atoms with Gasteiger partial charge in [-0.2, -0.15) is 0 Å². The Morgan fingerprint density at radius 1 is 0.690 bits per heavy atom. The van der Waals surface area contributed by atoms with Gasteiger partial charge in [0, 0.05) is 24.2 Å². The molecule has 5 heteroatoms. The average Bonchev–Trinajstić information content (AvgIpc) is 3.12. The number of rotatable bonds is 4. The Balaban J connectivity index is 1.45. The molecule has 3 heterocycles. The van der Waals surface area contributed by atoms with Gasteiger partial charge >= 0.3 is 7.12 Å². The van der Waals surface area contributed by atoms with Crippen LogP contribution >= 0.6 is 0 Å². The molecule has 1 aliphatic carbocycles. The van der Waals surface area contributed by atoms with Crippen molar-refractivity contribution < 1.29 is 9.31 Å². The van der Waals surface area contributed by atoms with Crippen molar-refractivity contribution in [3.63, 3.8) is 0 Å². The highest BCUT2D eigenvalue weighted by molar-refractivity contribution is 6.61. The second-order valence-electron chi connectivity index (χ2n) is 12.1. The molecule has 0 N–H and O–H groups in total. The van der Waals surface area contributed by atoms with Crippen molar-refractivity contribution >= 4 is 35.1 Å². The van der Waals surface area contributed by atoms with Gasteiger partial charge in [0.15, 0.2) is 0 Å². The average molecular weight is 548 g/mol. The SMILES string of the molecule is CC1(C)OB(c2ccc(-c3c4c(c(-c5ccccc5)c5ccccc35)C=C(c3ccncc3)C=CC4)cn2)OC1(C)C. The number of fused-ring (bicyclic) bond motifs is 2. The van der Waals surface area contributed by atoms with Gasteiger partial charge in [0.25, 0.3) is 0 Å². The van der Waals surface area contributed by atoms with E-state index in [4.69, 9.17) is 14.3 Å². The summed E-state index contributed by atoms with van der Waals surface area (Å²) in [6.45, 7) is 8.27. The lowest BCUT2D eigenvalue weighted by Crippen LogP contribution is -2.41. The van der Waals surface area contributed by atoms with E-state index >= 15 is 0 Å². The normalized spacial score (nSPS) is 17.1. The van der Waals surface area contributed by atoms with E-state index in [0.717, 1.165) is 23.1 Å². The number of pyridine rings is 2. The third-order valence-corrected chi connectivity index (χ3v) is 8.93. The van der Waals surface area contributed by atoms with Crippen LogP contribution in [0.1, 0.15) is 44.4 Å². The standard InChI is InChI=1S/C37H33BN2O2/c1-36(2)37(3,4)42-38(41-36)33-18-17-28(24-40-33)35-30-15-9-8-14-29(30)34(26-11-6-5-7-12-26)32-23-27(13-10-16-31(32)35)25-19-21-39-22-20-25/h5-15,17-24H,16H2,1-4H3. The fourth-order valence-corrected chi connectivity index (χ4v) is 6.02. The quantitative estimate of drug-likeness (QED) is 0.214. The highest BCUT2D eigenvalue weighted by atomic mass is 16.7. The molecule has 4 nitrogen and oxygen atoms in total. The number of hydrogen-bond acceptors (Lipinski definition) is 4. The Kier molecular flexibility index (Phi) is 6.45. The number of hydrogen-bond donors (Lipinski definition) is 0. The summed E-state index contributed by atoms with van der Waals surface area (Å²) in [5.74, 6) is 0. The number of benzene rings is 3. The summed E-state index contributed by atoms with van der Waals surface area (Å²) in [5.41, 5.74) is 9.56. The van der Waals surface area contributed by atoms with E-state index in [2.05, 4.69) is 130 Å². The van der Waals surface area contributed by atoms with Gasteiger partial charge in [-0.15, -0.1) is 0 Å². The first-order chi connectivity index (χ1) is 20.3. The maximum Gasteiger partial charge on any atom is 0.514 e. The van der Waals surface area contributed by atoms with Crippen LogP contribution in [0.4, 0.5) is 0 Å². The number of nitrogens with zero attached hydrogens (tertiary/aromatic N) is 2. The van der Waals surface area contributed by atoms with Gasteiger partial charge in [0.05, 0.1) is 16.8 Å². The van der Waals surface area contributed by atoms with E-state index in [9.17, 15) is 0 Å². The van der Waals surface area contributed by atoms with Gasteiger partial charge in [-0.25, -0.2) is 0 Å².